The molecule has 1 nitrogen and oxygen atoms in total. The molecule has 0 aliphatic heterocycles. The van der Waals surface area contributed by atoms with Crippen molar-refractivity contribution in [3.8, 4) is 0 Å². The average Bonchev–Trinajstić information content (AvgIpc) is 2.73. The van der Waals surface area contributed by atoms with Gasteiger partial charge in [-0.05, 0) is 60.8 Å². The Morgan fingerprint density at radius 1 is 0.333 bits per heavy atom. The van der Waals surface area contributed by atoms with Gasteiger partial charge in [0.15, 0.2) is 0 Å². The Morgan fingerprint density at radius 2 is 0.576 bits per heavy atom. The van der Waals surface area contributed by atoms with Crippen molar-refractivity contribution in [2.75, 3.05) is 6.54 Å². The maximum atomic E-state index is 5.90. The van der Waals surface area contributed by atoms with Crippen molar-refractivity contribution in [3.05, 3.63) is 0 Å². The number of hydrogen-bond acceptors (Lipinski definition) is 1. The molecule has 0 aliphatic rings. The first-order valence-electron chi connectivity index (χ1n) is 15.3. The van der Waals surface area contributed by atoms with Crippen molar-refractivity contribution in [2.45, 2.75) is 158 Å². The van der Waals surface area contributed by atoms with E-state index in [4.69, 9.17) is 5.73 Å². The van der Waals surface area contributed by atoms with Crippen LogP contribution in [0.1, 0.15) is 158 Å². The highest BCUT2D eigenvalue weighted by atomic mass is 14.5. The van der Waals surface area contributed by atoms with E-state index in [1.807, 2.05) is 0 Å². The molecule has 200 valence electrons. The van der Waals surface area contributed by atoms with Crippen LogP contribution in [-0.4, -0.2) is 6.54 Å². The van der Waals surface area contributed by atoms with Gasteiger partial charge in [0.2, 0.25) is 0 Å². The van der Waals surface area contributed by atoms with Gasteiger partial charge < -0.3 is 5.73 Å². The Kier molecular flexibility index (Phi) is 21.2. The molecule has 0 saturated carbocycles. The van der Waals surface area contributed by atoms with Crippen LogP contribution in [0.5, 0.6) is 0 Å². The Hall–Kier alpha value is -0.0400. The first-order valence-corrected chi connectivity index (χ1v) is 15.3. The van der Waals surface area contributed by atoms with E-state index < -0.39 is 0 Å². The summed E-state index contributed by atoms with van der Waals surface area (Å²) in [5, 5.41) is 0. The number of nitrogens with two attached hydrogens (primary N) is 1. The Bertz CT molecular complexity index is 339. The lowest BCUT2D eigenvalue weighted by Crippen LogP contribution is -2.10. The molecule has 0 aromatic carbocycles. The summed E-state index contributed by atoms with van der Waals surface area (Å²) in [5.41, 5.74) is 5.90. The smallest absolute Gasteiger partial charge is 0.00772 e. The fourth-order valence-electron chi connectivity index (χ4n) is 5.37. The van der Waals surface area contributed by atoms with E-state index in [-0.39, 0.29) is 0 Å². The van der Waals surface area contributed by atoms with E-state index in [2.05, 4.69) is 55.4 Å². The molecule has 33 heavy (non-hydrogen) atoms. The van der Waals surface area contributed by atoms with Crippen molar-refractivity contribution in [3.63, 3.8) is 0 Å². The molecule has 0 amide bonds. The first kappa shape index (κ1) is 33.0. The second-order valence-corrected chi connectivity index (χ2v) is 13.3. The van der Waals surface area contributed by atoms with Gasteiger partial charge >= 0.3 is 0 Å². The van der Waals surface area contributed by atoms with Crippen LogP contribution in [-0.2, 0) is 0 Å². The topological polar surface area (TPSA) is 26.0 Å². The molecule has 0 radical (unpaired) electrons. The Morgan fingerprint density at radius 3 is 0.818 bits per heavy atom. The van der Waals surface area contributed by atoms with Gasteiger partial charge in [0, 0.05) is 0 Å². The highest BCUT2D eigenvalue weighted by Crippen LogP contribution is 2.30. The van der Waals surface area contributed by atoms with E-state index >= 15 is 0 Å². The third-order valence-corrected chi connectivity index (χ3v) is 7.88. The molecule has 0 aliphatic carbocycles. The van der Waals surface area contributed by atoms with Gasteiger partial charge in [0.25, 0.3) is 0 Å². The largest absolute Gasteiger partial charge is 0.330 e. The summed E-state index contributed by atoms with van der Waals surface area (Å²) in [6.45, 7) is 20.0. The van der Waals surface area contributed by atoms with E-state index in [1.165, 1.54) is 103 Å². The number of rotatable bonds is 23. The zero-order valence-corrected chi connectivity index (χ0v) is 24.6. The van der Waals surface area contributed by atoms with Gasteiger partial charge in [0.05, 0.1) is 0 Å². The molecule has 0 fully saturated rings. The molecule has 0 unspecified atom stereocenters. The lowest BCUT2D eigenvalue weighted by atomic mass is 9.83. The fraction of sp³-hybridized carbons (Fsp3) is 1.00. The summed E-state index contributed by atoms with van der Waals surface area (Å²) >= 11 is 0. The van der Waals surface area contributed by atoms with Crippen LogP contribution in [0.4, 0.5) is 0 Å². The van der Waals surface area contributed by atoms with Crippen molar-refractivity contribution in [1.82, 2.24) is 0 Å². The quantitative estimate of drug-likeness (QED) is 0.159. The molecule has 0 aromatic heterocycles. The lowest BCUT2D eigenvalue weighted by molar-refractivity contribution is 0.300. The highest BCUT2D eigenvalue weighted by Gasteiger charge is 2.16. The Balaban J connectivity index is 4.57. The van der Waals surface area contributed by atoms with Crippen LogP contribution in [0.25, 0.3) is 0 Å². The molecule has 0 spiro atoms. The van der Waals surface area contributed by atoms with Crippen molar-refractivity contribution >= 4 is 0 Å². The van der Waals surface area contributed by atoms with Crippen LogP contribution < -0.4 is 5.73 Å². The van der Waals surface area contributed by atoms with Crippen molar-refractivity contribution in [1.29, 1.82) is 0 Å². The van der Waals surface area contributed by atoms with E-state index in [0.717, 1.165) is 48.0 Å². The highest BCUT2D eigenvalue weighted by molar-refractivity contribution is 4.69. The molecule has 0 saturated heterocycles. The predicted molar refractivity (Wildman–Crippen MR) is 153 cm³/mol. The minimum Gasteiger partial charge on any atom is -0.330 e. The molecular weight excluding hydrogens is 398 g/mol. The lowest BCUT2D eigenvalue weighted by Gasteiger charge is -2.23. The molecule has 0 aromatic rings. The van der Waals surface area contributed by atoms with Gasteiger partial charge in [-0.1, -0.05) is 145 Å². The summed E-state index contributed by atoms with van der Waals surface area (Å²) < 4.78 is 0. The molecule has 2 N–H and O–H groups in total. The van der Waals surface area contributed by atoms with Crippen LogP contribution in [0, 0.1) is 41.4 Å². The van der Waals surface area contributed by atoms with E-state index in [0.29, 0.717) is 0 Å². The minimum absolute atomic E-state index is 0.850. The average molecular weight is 466 g/mol. The predicted octanol–water partition coefficient (Wildman–Crippen LogP) is 10.7. The van der Waals surface area contributed by atoms with Gasteiger partial charge in [0.1, 0.15) is 0 Å². The maximum Gasteiger partial charge on any atom is -0.00772 e. The molecule has 0 heterocycles. The summed E-state index contributed by atoms with van der Waals surface area (Å²) in [6, 6.07) is 0. The number of hydrogen-bond donors (Lipinski definition) is 1. The van der Waals surface area contributed by atoms with Crippen LogP contribution in [0.2, 0.25) is 0 Å². The van der Waals surface area contributed by atoms with E-state index in [9.17, 15) is 0 Å². The first-order chi connectivity index (χ1) is 15.6. The van der Waals surface area contributed by atoms with Crippen molar-refractivity contribution in [2.24, 2.45) is 47.2 Å². The summed E-state index contributed by atoms with van der Waals surface area (Å²) in [4.78, 5) is 0. The van der Waals surface area contributed by atoms with Gasteiger partial charge in [-0.3, -0.25) is 0 Å². The van der Waals surface area contributed by atoms with Crippen LogP contribution in [0.15, 0.2) is 0 Å². The second-order valence-electron chi connectivity index (χ2n) is 13.3. The third-order valence-electron chi connectivity index (χ3n) is 7.88. The van der Waals surface area contributed by atoms with Gasteiger partial charge in [-0.25, -0.2) is 0 Å². The second kappa shape index (κ2) is 21.3. The molecule has 0 bridgehead atoms. The summed E-state index contributed by atoms with van der Waals surface area (Å²) in [6.07, 6.45) is 22.7. The summed E-state index contributed by atoms with van der Waals surface area (Å²) in [5.74, 6) is 6.24. The normalized spacial score (nSPS) is 12.7. The molecular formula is C32H67N. The maximum absolute atomic E-state index is 5.90. The SMILES string of the molecule is CC(C)CCC(CCCC(CCCN)CCCC(CCC(C)C)CCC(C)C)CCC(C)C. The standard InChI is InChI=1S/C32H67N/c1-26(2)17-21-31(22-18-27(3)4)14-9-12-30(16-11-25-33)13-10-15-32(23-19-28(5)6)24-20-29(7)8/h26-32H,9-25,33H2,1-8H3. The summed E-state index contributed by atoms with van der Waals surface area (Å²) in [7, 11) is 0. The monoisotopic (exact) mass is 466 g/mol. The third kappa shape index (κ3) is 22.2. The van der Waals surface area contributed by atoms with Gasteiger partial charge in [-0.2, -0.15) is 0 Å². The van der Waals surface area contributed by atoms with Crippen molar-refractivity contribution < 1.29 is 0 Å². The van der Waals surface area contributed by atoms with Gasteiger partial charge in [-0.15, -0.1) is 0 Å². The zero-order valence-electron chi connectivity index (χ0n) is 24.6. The van der Waals surface area contributed by atoms with E-state index in [1.54, 1.807) is 0 Å². The van der Waals surface area contributed by atoms with Crippen LogP contribution >= 0.6 is 0 Å². The minimum atomic E-state index is 0.850. The Labute approximate surface area is 211 Å². The zero-order chi connectivity index (χ0) is 25.1. The van der Waals surface area contributed by atoms with Crippen LogP contribution in [0.3, 0.4) is 0 Å². The molecule has 0 atom stereocenters. The molecule has 1 heteroatoms. The molecule has 0 rings (SSSR count). The fourth-order valence-corrected chi connectivity index (χ4v) is 5.37.